The molecule has 2 aromatic rings. The Hall–Kier alpha value is -2.14. The van der Waals surface area contributed by atoms with Gasteiger partial charge in [-0.25, -0.2) is 0 Å². The van der Waals surface area contributed by atoms with Crippen molar-refractivity contribution in [3.63, 3.8) is 0 Å². The smallest absolute Gasteiger partial charge is 0.309 e. The van der Waals surface area contributed by atoms with Gasteiger partial charge in [0, 0.05) is 31.1 Å². The summed E-state index contributed by atoms with van der Waals surface area (Å²) in [5, 5.41) is 4.38. The third-order valence-corrected chi connectivity index (χ3v) is 5.33. The van der Waals surface area contributed by atoms with Crippen LogP contribution < -0.4 is 0 Å². The van der Waals surface area contributed by atoms with Crippen LogP contribution in [0.3, 0.4) is 0 Å². The summed E-state index contributed by atoms with van der Waals surface area (Å²) in [5.74, 6) is 0.591. The fraction of sp³-hybridized carbons (Fsp3) is 0.542. The maximum absolute atomic E-state index is 11.4. The highest BCUT2D eigenvalue weighted by molar-refractivity contribution is 6.15. The number of esters is 1. The summed E-state index contributed by atoms with van der Waals surface area (Å²) in [6, 6.07) is 7.86. The number of aryl methyl sites for hydroxylation is 2. The zero-order chi connectivity index (χ0) is 22.7. The highest BCUT2D eigenvalue weighted by Crippen LogP contribution is 2.41. The number of hydrogen-bond acceptors (Lipinski definition) is 4. The number of methoxy groups -OCH3 is 1. The van der Waals surface area contributed by atoms with Crippen LogP contribution in [-0.2, 0) is 29.4 Å². The molecule has 5 nitrogen and oxygen atoms in total. The second kappa shape index (κ2) is 13.2. The molecule has 2 aliphatic rings. The third kappa shape index (κ3) is 6.69. The van der Waals surface area contributed by atoms with E-state index in [2.05, 4.69) is 22.8 Å². The van der Waals surface area contributed by atoms with Crippen LogP contribution in [0.4, 0.5) is 0 Å². The van der Waals surface area contributed by atoms with E-state index in [1.807, 2.05) is 50.7 Å². The largest absolute Gasteiger partial charge is 0.469 e. The van der Waals surface area contributed by atoms with E-state index < -0.39 is 0 Å². The first-order chi connectivity index (χ1) is 14.5. The Morgan fingerprint density at radius 3 is 2.40 bits per heavy atom. The molecular weight excluding hydrogens is 400 g/mol. The molecule has 1 unspecified atom stereocenters. The normalized spacial score (nSPS) is 16.3. The summed E-state index contributed by atoms with van der Waals surface area (Å²) in [5.41, 5.74) is 5.71. The van der Waals surface area contributed by atoms with Gasteiger partial charge in [-0.2, -0.15) is 5.10 Å². The minimum Gasteiger partial charge on any atom is -0.469 e. The summed E-state index contributed by atoms with van der Waals surface area (Å²) < 4.78 is 6.67. The lowest BCUT2D eigenvalue weighted by Crippen LogP contribution is -2.24. The number of carbonyl (C=O) groups is 2. The van der Waals surface area contributed by atoms with Gasteiger partial charge in [-0.15, -0.1) is 11.6 Å². The predicted molar refractivity (Wildman–Crippen MR) is 122 cm³/mol. The highest BCUT2D eigenvalue weighted by atomic mass is 35.5. The summed E-state index contributed by atoms with van der Waals surface area (Å²) in [6.07, 6.45) is 7.52. The van der Waals surface area contributed by atoms with E-state index in [0.717, 1.165) is 36.8 Å². The van der Waals surface area contributed by atoms with Crippen molar-refractivity contribution in [2.75, 3.05) is 13.5 Å². The summed E-state index contributed by atoms with van der Waals surface area (Å²) in [7, 11) is 3.39. The highest BCUT2D eigenvalue weighted by Gasteiger charge is 2.29. The number of carbonyl (C=O) groups excluding carboxylic acids is 2. The first kappa shape index (κ1) is 25.9. The Morgan fingerprint density at radius 2 is 1.83 bits per heavy atom. The van der Waals surface area contributed by atoms with Crippen LogP contribution in [0, 0.1) is 12.8 Å². The number of aromatic nitrogens is 2. The molecule has 0 saturated heterocycles. The Bertz CT molecular complexity index is 813. The molecule has 6 heteroatoms. The first-order valence-electron chi connectivity index (χ1n) is 10.6. The molecule has 2 aliphatic carbocycles. The molecule has 0 bridgehead atoms. The monoisotopic (exact) mass is 434 g/mol. The van der Waals surface area contributed by atoms with E-state index >= 15 is 0 Å². The van der Waals surface area contributed by atoms with Gasteiger partial charge in [0.2, 0.25) is 0 Å². The average Bonchev–Trinajstić information content (AvgIpc) is 3.62. The molecule has 0 aliphatic heterocycles. The molecule has 0 radical (unpaired) electrons. The van der Waals surface area contributed by atoms with Crippen molar-refractivity contribution >= 4 is 23.9 Å². The molecule has 166 valence electrons. The third-order valence-electron chi connectivity index (χ3n) is 5.33. The van der Waals surface area contributed by atoms with Crippen LogP contribution in [0.2, 0.25) is 0 Å². The van der Waals surface area contributed by atoms with Crippen molar-refractivity contribution in [3.8, 4) is 0 Å². The van der Waals surface area contributed by atoms with Gasteiger partial charge in [-0.3, -0.25) is 14.3 Å². The standard InChI is InChI=1S/C11H16N2O2.C10H10O.C2H6.CH3Cl/c1-7-9-5-4-8(11(14)15-3)6-10(9)13(2)12-7;11-7-9-3-1-2-4-10(9)8-5-6-8;2*1-2/h8H,4-6H2,1-3H3;1-4,7-8H,5-6H2;1-2H3;1H3. The van der Waals surface area contributed by atoms with Crippen LogP contribution in [0.5, 0.6) is 0 Å². The van der Waals surface area contributed by atoms with Gasteiger partial charge in [0.25, 0.3) is 0 Å². The Kier molecular flexibility index (Phi) is 11.4. The SMILES string of the molecule is CC.CCl.COC(=O)C1CCc2c(C)nn(C)c2C1.O=Cc1ccccc1C1CC1. The number of hydrogen-bond donors (Lipinski definition) is 0. The molecule has 0 N–H and O–H groups in total. The number of aldehydes is 1. The van der Waals surface area contributed by atoms with Crippen LogP contribution in [0.25, 0.3) is 0 Å². The van der Waals surface area contributed by atoms with Crippen molar-refractivity contribution in [2.24, 2.45) is 13.0 Å². The van der Waals surface area contributed by atoms with E-state index in [1.165, 1.54) is 43.2 Å². The fourth-order valence-corrected chi connectivity index (χ4v) is 3.74. The van der Waals surface area contributed by atoms with Gasteiger partial charge < -0.3 is 4.74 Å². The van der Waals surface area contributed by atoms with Gasteiger partial charge in [0.15, 0.2) is 0 Å². The minimum absolute atomic E-state index is 0.0114. The summed E-state index contributed by atoms with van der Waals surface area (Å²) >= 11 is 4.64. The molecule has 1 heterocycles. The zero-order valence-electron chi connectivity index (χ0n) is 19.1. The van der Waals surface area contributed by atoms with Crippen LogP contribution in [-0.4, -0.2) is 35.5 Å². The van der Waals surface area contributed by atoms with E-state index in [-0.39, 0.29) is 11.9 Å². The predicted octanol–water partition coefficient (Wildman–Crippen LogP) is 5.26. The van der Waals surface area contributed by atoms with Crippen LogP contribution in [0.15, 0.2) is 24.3 Å². The van der Waals surface area contributed by atoms with Crippen LogP contribution in [0.1, 0.15) is 71.9 Å². The lowest BCUT2D eigenvalue weighted by Gasteiger charge is -2.20. The number of alkyl halides is 1. The van der Waals surface area contributed by atoms with Gasteiger partial charge >= 0.3 is 5.97 Å². The van der Waals surface area contributed by atoms with Crippen molar-refractivity contribution in [2.45, 2.75) is 58.8 Å². The van der Waals surface area contributed by atoms with Crippen molar-refractivity contribution < 1.29 is 14.3 Å². The van der Waals surface area contributed by atoms with E-state index in [0.29, 0.717) is 5.92 Å². The zero-order valence-corrected chi connectivity index (χ0v) is 19.8. The molecule has 1 saturated carbocycles. The van der Waals surface area contributed by atoms with Gasteiger partial charge in [0.05, 0.1) is 18.7 Å². The molecule has 30 heavy (non-hydrogen) atoms. The topological polar surface area (TPSA) is 61.2 Å². The minimum atomic E-state index is -0.0977. The molecule has 1 fully saturated rings. The molecule has 1 aromatic carbocycles. The maximum Gasteiger partial charge on any atom is 0.309 e. The molecule has 0 amide bonds. The Balaban J connectivity index is 0.000000265. The number of fused-ring (bicyclic) bond motifs is 1. The van der Waals surface area contributed by atoms with Crippen molar-refractivity contribution in [3.05, 3.63) is 52.3 Å². The molecular formula is C24H35ClN2O3. The molecule has 0 spiro atoms. The molecule has 1 aromatic heterocycles. The van der Waals surface area contributed by atoms with Crippen molar-refractivity contribution in [1.82, 2.24) is 9.78 Å². The summed E-state index contributed by atoms with van der Waals surface area (Å²) in [4.78, 5) is 22.0. The first-order valence-corrected chi connectivity index (χ1v) is 11.3. The van der Waals surface area contributed by atoms with E-state index in [1.54, 1.807) is 0 Å². The number of ether oxygens (including phenoxy) is 1. The fourth-order valence-electron chi connectivity index (χ4n) is 3.74. The molecule has 1 atom stereocenters. The Morgan fingerprint density at radius 1 is 1.20 bits per heavy atom. The second-order valence-corrected chi connectivity index (χ2v) is 7.12. The van der Waals surface area contributed by atoms with Crippen molar-refractivity contribution in [1.29, 1.82) is 0 Å². The Labute approximate surface area is 185 Å². The number of benzene rings is 1. The quantitative estimate of drug-likeness (QED) is 0.375. The number of halogens is 1. The lowest BCUT2D eigenvalue weighted by molar-refractivity contribution is -0.145. The summed E-state index contributed by atoms with van der Waals surface area (Å²) in [6.45, 7) is 6.03. The van der Waals surface area contributed by atoms with E-state index in [9.17, 15) is 9.59 Å². The van der Waals surface area contributed by atoms with Gasteiger partial charge in [0.1, 0.15) is 6.29 Å². The van der Waals surface area contributed by atoms with Gasteiger partial charge in [-0.05, 0) is 49.7 Å². The number of rotatable bonds is 3. The van der Waals surface area contributed by atoms with E-state index in [4.69, 9.17) is 4.74 Å². The second-order valence-electron chi connectivity index (χ2n) is 7.12. The van der Waals surface area contributed by atoms with Gasteiger partial charge in [-0.1, -0.05) is 38.1 Å². The molecule has 4 rings (SSSR count). The maximum atomic E-state index is 11.4. The average molecular weight is 435 g/mol. The number of nitrogens with zero attached hydrogens (tertiary/aromatic N) is 2. The van der Waals surface area contributed by atoms with Crippen LogP contribution >= 0.6 is 11.6 Å². The lowest BCUT2D eigenvalue weighted by atomic mass is 9.87.